The van der Waals surface area contributed by atoms with Crippen LogP contribution in [0.2, 0.25) is 0 Å². The van der Waals surface area contributed by atoms with E-state index in [1.807, 2.05) is 37.3 Å². The predicted molar refractivity (Wildman–Crippen MR) is 102 cm³/mol. The quantitative estimate of drug-likeness (QED) is 0.751. The maximum absolute atomic E-state index is 12.9. The fraction of sp³-hybridized carbons (Fsp3) is 0.286. The molecule has 1 amide bonds. The lowest BCUT2D eigenvalue weighted by atomic mass is 9.93. The van der Waals surface area contributed by atoms with Crippen LogP contribution in [0, 0.1) is 0 Å². The van der Waals surface area contributed by atoms with E-state index in [1.165, 1.54) is 32.4 Å². The van der Waals surface area contributed by atoms with Gasteiger partial charge in [0, 0.05) is 5.69 Å². The largest absolute Gasteiger partial charge is 0.465 e. The number of anilines is 1. The minimum atomic E-state index is -0.607. The molecule has 0 aliphatic heterocycles. The Kier molecular flexibility index (Phi) is 7.11. The molecule has 27 heavy (non-hydrogen) atoms. The zero-order chi connectivity index (χ0) is 19.8. The van der Waals surface area contributed by atoms with Crippen LogP contribution in [0.5, 0.6) is 0 Å². The number of hydrogen-bond donors (Lipinski definition) is 1. The van der Waals surface area contributed by atoms with Crippen LogP contribution in [0.4, 0.5) is 5.69 Å². The lowest BCUT2D eigenvalue weighted by molar-refractivity contribution is -0.117. The number of methoxy groups -OCH3 is 2. The molecule has 0 spiro atoms. The Morgan fingerprint density at radius 1 is 0.926 bits per heavy atom. The second-order valence-electron chi connectivity index (χ2n) is 6.02. The molecule has 2 aromatic carbocycles. The maximum atomic E-state index is 12.9. The van der Waals surface area contributed by atoms with Crippen LogP contribution >= 0.6 is 0 Å². The summed E-state index contributed by atoms with van der Waals surface area (Å²) < 4.78 is 9.43. The lowest BCUT2D eigenvalue weighted by Gasteiger charge is -2.17. The molecule has 0 saturated heterocycles. The van der Waals surface area contributed by atoms with Crippen molar-refractivity contribution in [3.8, 4) is 0 Å². The molecule has 142 valence electrons. The van der Waals surface area contributed by atoms with Crippen molar-refractivity contribution in [2.24, 2.45) is 0 Å². The molecule has 0 fully saturated rings. The van der Waals surface area contributed by atoms with Crippen molar-refractivity contribution >= 4 is 23.5 Å². The first-order valence-corrected chi connectivity index (χ1v) is 8.67. The Bertz CT molecular complexity index is 782. The first-order valence-electron chi connectivity index (χ1n) is 8.67. The van der Waals surface area contributed by atoms with E-state index < -0.39 is 11.9 Å². The molecule has 0 saturated carbocycles. The van der Waals surface area contributed by atoms with Gasteiger partial charge in [-0.15, -0.1) is 0 Å². The number of carbonyl (C=O) groups excluding carboxylic acids is 3. The van der Waals surface area contributed by atoms with Gasteiger partial charge in [0.2, 0.25) is 5.91 Å². The van der Waals surface area contributed by atoms with E-state index in [2.05, 4.69) is 5.32 Å². The van der Waals surface area contributed by atoms with E-state index in [0.29, 0.717) is 12.1 Å². The molecule has 0 bridgehead atoms. The third kappa shape index (κ3) is 5.17. The van der Waals surface area contributed by atoms with Crippen LogP contribution in [0.15, 0.2) is 48.5 Å². The van der Waals surface area contributed by atoms with Crippen molar-refractivity contribution in [3.05, 3.63) is 65.2 Å². The van der Waals surface area contributed by atoms with Gasteiger partial charge in [0.25, 0.3) is 0 Å². The van der Waals surface area contributed by atoms with Gasteiger partial charge in [0.15, 0.2) is 0 Å². The van der Waals surface area contributed by atoms with Gasteiger partial charge in [-0.1, -0.05) is 43.7 Å². The van der Waals surface area contributed by atoms with E-state index in [-0.39, 0.29) is 23.0 Å². The SMILES string of the molecule is CCC[C@H](C(=O)Nc1cc(C(=O)OC)cc(C(=O)OC)c1)c1ccccc1. The molecule has 6 heteroatoms. The summed E-state index contributed by atoms with van der Waals surface area (Å²) in [6, 6.07) is 13.8. The Labute approximate surface area is 158 Å². The highest BCUT2D eigenvalue weighted by Gasteiger charge is 2.21. The molecule has 0 aromatic heterocycles. The van der Waals surface area contributed by atoms with Crippen LogP contribution in [-0.2, 0) is 14.3 Å². The molecule has 0 aliphatic rings. The van der Waals surface area contributed by atoms with E-state index in [4.69, 9.17) is 9.47 Å². The van der Waals surface area contributed by atoms with Crippen LogP contribution in [0.3, 0.4) is 0 Å². The standard InChI is InChI=1S/C21H23NO5/c1-4-8-18(14-9-6-5-7-10-14)19(23)22-17-12-15(20(24)26-2)11-16(13-17)21(25)27-3/h5-7,9-13,18H,4,8H2,1-3H3,(H,22,23)/t18-/m0/s1. The summed E-state index contributed by atoms with van der Waals surface area (Å²) in [6.07, 6.45) is 1.51. The van der Waals surface area contributed by atoms with Crippen LogP contribution < -0.4 is 5.32 Å². The van der Waals surface area contributed by atoms with Crippen LogP contribution in [0.25, 0.3) is 0 Å². The fourth-order valence-corrected chi connectivity index (χ4v) is 2.82. The summed E-state index contributed by atoms with van der Waals surface area (Å²) in [6.45, 7) is 2.01. The Morgan fingerprint density at radius 2 is 1.48 bits per heavy atom. The second-order valence-corrected chi connectivity index (χ2v) is 6.02. The summed E-state index contributed by atoms with van der Waals surface area (Å²) in [7, 11) is 2.50. The average Bonchev–Trinajstić information content (AvgIpc) is 2.70. The fourth-order valence-electron chi connectivity index (χ4n) is 2.82. The first kappa shape index (κ1) is 20.2. The third-order valence-electron chi connectivity index (χ3n) is 4.14. The number of ether oxygens (including phenoxy) is 2. The number of amides is 1. The summed E-state index contributed by atoms with van der Waals surface area (Å²) in [4.78, 5) is 36.6. The van der Waals surface area contributed by atoms with Crippen molar-refractivity contribution in [1.82, 2.24) is 0 Å². The van der Waals surface area contributed by atoms with E-state index in [1.54, 1.807) is 0 Å². The number of benzene rings is 2. The van der Waals surface area contributed by atoms with Gasteiger partial charge in [0.05, 0.1) is 31.3 Å². The highest BCUT2D eigenvalue weighted by atomic mass is 16.5. The van der Waals surface area contributed by atoms with E-state index in [0.717, 1.165) is 12.0 Å². The molecular weight excluding hydrogens is 346 g/mol. The molecule has 6 nitrogen and oxygen atoms in total. The van der Waals surface area contributed by atoms with Gasteiger partial charge in [-0.25, -0.2) is 9.59 Å². The number of rotatable bonds is 7. The summed E-state index contributed by atoms with van der Waals surface area (Å²) >= 11 is 0. The zero-order valence-corrected chi connectivity index (χ0v) is 15.7. The second kappa shape index (κ2) is 9.52. The molecule has 0 aliphatic carbocycles. The molecule has 1 N–H and O–H groups in total. The van der Waals surface area contributed by atoms with Crippen molar-refractivity contribution in [1.29, 1.82) is 0 Å². The van der Waals surface area contributed by atoms with Gasteiger partial charge in [0.1, 0.15) is 0 Å². The van der Waals surface area contributed by atoms with Crippen LogP contribution in [0.1, 0.15) is 52.0 Å². The smallest absolute Gasteiger partial charge is 0.337 e. The molecule has 2 aromatic rings. The van der Waals surface area contributed by atoms with Gasteiger partial charge in [-0.2, -0.15) is 0 Å². The zero-order valence-electron chi connectivity index (χ0n) is 15.7. The Hall–Kier alpha value is -3.15. The maximum Gasteiger partial charge on any atom is 0.337 e. The summed E-state index contributed by atoms with van der Waals surface area (Å²) in [5, 5.41) is 2.81. The third-order valence-corrected chi connectivity index (χ3v) is 4.14. The average molecular weight is 369 g/mol. The molecule has 0 unspecified atom stereocenters. The Morgan fingerprint density at radius 3 is 1.96 bits per heavy atom. The van der Waals surface area contributed by atoms with Crippen molar-refractivity contribution in [3.63, 3.8) is 0 Å². The minimum absolute atomic E-state index is 0.155. The van der Waals surface area contributed by atoms with Crippen LogP contribution in [-0.4, -0.2) is 32.1 Å². The van der Waals surface area contributed by atoms with Gasteiger partial charge in [-0.05, 0) is 30.2 Å². The number of carbonyl (C=O) groups is 3. The summed E-state index contributed by atoms with van der Waals surface area (Å²) in [5.41, 5.74) is 1.56. The highest BCUT2D eigenvalue weighted by molar-refractivity contribution is 6.01. The molecular formula is C21H23NO5. The molecule has 0 heterocycles. The van der Waals surface area contributed by atoms with Crippen molar-refractivity contribution in [2.75, 3.05) is 19.5 Å². The molecule has 0 radical (unpaired) electrons. The van der Waals surface area contributed by atoms with Crippen molar-refractivity contribution in [2.45, 2.75) is 25.7 Å². The monoisotopic (exact) mass is 369 g/mol. The Balaban J connectivity index is 2.34. The molecule has 2 rings (SSSR count). The summed E-state index contributed by atoms with van der Waals surface area (Å²) in [5.74, 6) is -1.76. The highest BCUT2D eigenvalue weighted by Crippen LogP contribution is 2.24. The topological polar surface area (TPSA) is 81.7 Å². The van der Waals surface area contributed by atoms with E-state index in [9.17, 15) is 14.4 Å². The first-order chi connectivity index (χ1) is 13.0. The minimum Gasteiger partial charge on any atom is -0.465 e. The van der Waals surface area contributed by atoms with E-state index >= 15 is 0 Å². The normalized spacial score (nSPS) is 11.4. The number of hydrogen-bond acceptors (Lipinski definition) is 5. The van der Waals surface area contributed by atoms with Gasteiger partial charge < -0.3 is 14.8 Å². The predicted octanol–water partition coefficient (Wildman–Crippen LogP) is 3.78. The lowest BCUT2D eigenvalue weighted by Crippen LogP contribution is -2.21. The van der Waals surface area contributed by atoms with Crippen molar-refractivity contribution < 1.29 is 23.9 Å². The van der Waals surface area contributed by atoms with Gasteiger partial charge in [-0.3, -0.25) is 4.79 Å². The number of nitrogens with one attached hydrogen (secondary N) is 1. The number of esters is 2. The van der Waals surface area contributed by atoms with Gasteiger partial charge >= 0.3 is 11.9 Å². The molecule has 1 atom stereocenters.